The minimum atomic E-state index is -0.144. The van der Waals surface area contributed by atoms with Crippen LogP contribution in [0.3, 0.4) is 0 Å². The number of benzene rings is 1. The number of nitrogens with two attached hydrogens (primary N) is 1. The third-order valence-electron chi connectivity index (χ3n) is 3.23. The fraction of sp³-hybridized carbons (Fsp3) is 0.600. The number of nitrogens with zero attached hydrogens (tertiary/aromatic N) is 1. The minimum absolute atomic E-state index is 0.144. The van der Waals surface area contributed by atoms with Crippen molar-refractivity contribution in [3.05, 3.63) is 28.8 Å². The van der Waals surface area contributed by atoms with E-state index in [0.717, 1.165) is 35.9 Å². The zero-order valence-corrected chi connectivity index (χ0v) is 12.9. The summed E-state index contributed by atoms with van der Waals surface area (Å²) in [7, 11) is 0. The molecule has 0 bridgehead atoms. The molecule has 0 saturated carbocycles. The lowest BCUT2D eigenvalue weighted by atomic mass is 9.98. The first-order valence-corrected chi connectivity index (χ1v) is 7.01. The van der Waals surface area contributed by atoms with Crippen molar-refractivity contribution in [2.75, 3.05) is 18.8 Å². The molecule has 0 amide bonds. The van der Waals surface area contributed by atoms with Crippen LogP contribution in [0.15, 0.2) is 18.2 Å². The molecule has 2 rings (SSSR count). The van der Waals surface area contributed by atoms with E-state index in [1.54, 1.807) is 0 Å². The van der Waals surface area contributed by atoms with Crippen molar-refractivity contribution < 1.29 is 4.74 Å². The van der Waals surface area contributed by atoms with Gasteiger partial charge in [0.05, 0.1) is 11.2 Å². The van der Waals surface area contributed by atoms with Gasteiger partial charge in [-0.3, -0.25) is 4.90 Å². The molecule has 3 nitrogen and oxygen atoms in total. The third-order valence-corrected chi connectivity index (χ3v) is 3.59. The molecule has 0 atom stereocenters. The molecule has 0 aliphatic carbocycles. The largest absolute Gasteiger partial charge is 0.399 e. The molecule has 1 saturated heterocycles. The Morgan fingerprint density at radius 2 is 1.79 bits per heavy atom. The molecule has 1 aromatic carbocycles. The molecule has 19 heavy (non-hydrogen) atoms. The van der Waals surface area contributed by atoms with Gasteiger partial charge in [-0.15, -0.1) is 0 Å². The Labute approximate surface area is 120 Å². The van der Waals surface area contributed by atoms with Gasteiger partial charge in [0.2, 0.25) is 0 Å². The Morgan fingerprint density at radius 1 is 1.21 bits per heavy atom. The van der Waals surface area contributed by atoms with Crippen LogP contribution in [0.5, 0.6) is 0 Å². The van der Waals surface area contributed by atoms with Crippen LogP contribution in [0.25, 0.3) is 0 Å². The molecule has 106 valence electrons. The summed E-state index contributed by atoms with van der Waals surface area (Å²) in [5.74, 6) is 0. The number of rotatable bonds is 2. The number of ether oxygens (including phenoxy) is 1. The van der Waals surface area contributed by atoms with Crippen molar-refractivity contribution in [1.82, 2.24) is 4.90 Å². The average Bonchev–Trinajstić information content (AvgIpc) is 2.18. The van der Waals surface area contributed by atoms with Gasteiger partial charge in [-0.25, -0.2) is 0 Å². The molecule has 0 spiro atoms. The fourth-order valence-electron chi connectivity index (χ4n) is 3.01. The highest BCUT2D eigenvalue weighted by molar-refractivity contribution is 6.31. The summed E-state index contributed by atoms with van der Waals surface area (Å²) in [6.07, 6.45) is 0. The van der Waals surface area contributed by atoms with Crippen LogP contribution in [0, 0.1) is 0 Å². The lowest BCUT2D eigenvalue weighted by molar-refractivity contribution is -0.182. The van der Waals surface area contributed by atoms with Crippen LogP contribution < -0.4 is 5.73 Å². The molecular formula is C15H23ClN2O. The van der Waals surface area contributed by atoms with Crippen LogP contribution in [0.1, 0.15) is 33.3 Å². The van der Waals surface area contributed by atoms with E-state index < -0.39 is 0 Å². The predicted molar refractivity (Wildman–Crippen MR) is 80.4 cm³/mol. The molecule has 0 unspecified atom stereocenters. The standard InChI is InChI=1S/C15H23ClN2O/c1-14(2)9-18(10-15(3,4)19-14)8-11-7-12(17)5-6-13(11)16/h5-7H,8-10,17H2,1-4H3. The predicted octanol–water partition coefficient (Wildman–Crippen LogP) is 3.31. The average molecular weight is 283 g/mol. The SMILES string of the molecule is CC1(C)CN(Cc2cc(N)ccc2Cl)CC(C)(C)O1. The molecule has 0 aromatic heterocycles. The van der Waals surface area contributed by atoms with E-state index in [-0.39, 0.29) is 11.2 Å². The van der Waals surface area contributed by atoms with Gasteiger partial charge in [0.1, 0.15) is 0 Å². The van der Waals surface area contributed by atoms with Crippen LogP contribution in [0.2, 0.25) is 5.02 Å². The second-order valence-electron chi connectivity index (χ2n) is 6.62. The topological polar surface area (TPSA) is 38.5 Å². The van der Waals surface area contributed by atoms with Crippen LogP contribution in [-0.2, 0) is 11.3 Å². The Morgan fingerprint density at radius 3 is 2.37 bits per heavy atom. The van der Waals surface area contributed by atoms with Crippen LogP contribution in [-0.4, -0.2) is 29.2 Å². The van der Waals surface area contributed by atoms with Gasteiger partial charge < -0.3 is 10.5 Å². The van der Waals surface area contributed by atoms with Crippen molar-refractivity contribution in [1.29, 1.82) is 0 Å². The molecule has 1 heterocycles. The van der Waals surface area contributed by atoms with Crippen molar-refractivity contribution >= 4 is 17.3 Å². The zero-order valence-electron chi connectivity index (χ0n) is 12.2. The minimum Gasteiger partial charge on any atom is -0.399 e. The summed E-state index contributed by atoms with van der Waals surface area (Å²) in [5, 5.41) is 0.774. The maximum absolute atomic E-state index is 6.24. The van der Waals surface area contributed by atoms with Crippen molar-refractivity contribution in [3.8, 4) is 0 Å². The molecule has 1 aliphatic heterocycles. The van der Waals surface area contributed by atoms with Gasteiger partial charge in [-0.05, 0) is 51.5 Å². The number of nitrogen functional groups attached to an aromatic ring is 1. The molecular weight excluding hydrogens is 260 g/mol. The molecule has 1 aromatic rings. The monoisotopic (exact) mass is 282 g/mol. The summed E-state index contributed by atoms with van der Waals surface area (Å²) in [4.78, 5) is 2.38. The highest BCUT2D eigenvalue weighted by Crippen LogP contribution is 2.30. The Bertz CT molecular complexity index is 455. The molecule has 1 aliphatic rings. The Kier molecular flexibility index (Phi) is 3.83. The Hall–Kier alpha value is -0.770. The first kappa shape index (κ1) is 14.6. The molecule has 4 heteroatoms. The molecule has 0 radical (unpaired) electrons. The Balaban J connectivity index is 2.16. The zero-order chi connectivity index (χ0) is 14.3. The van der Waals surface area contributed by atoms with E-state index in [0.29, 0.717) is 0 Å². The van der Waals surface area contributed by atoms with Crippen molar-refractivity contribution in [2.24, 2.45) is 0 Å². The highest BCUT2D eigenvalue weighted by Gasteiger charge is 2.38. The number of hydrogen-bond donors (Lipinski definition) is 1. The summed E-state index contributed by atoms with van der Waals surface area (Å²) < 4.78 is 6.08. The van der Waals surface area contributed by atoms with Crippen molar-refractivity contribution in [2.45, 2.75) is 45.4 Å². The second kappa shape index (κ2) is 4.97. The van der Waals surface area contributed by atoms with E-state index in [2.05, 4.69) is 32.6 Å². The van der Waals surface area contributed by atoms with Crippen molar-refractivity contribution in [3.63, 3.8) is 0 Å². The van der Waals surface area contributed by atoms with Gasteiger partial charge >= 0.3 is 0 Å². The van der Waals surface area contributed by atoms with Gasteiger partial charge in [-0.2, -0.15) is 0 Å². The lowest BCUT2D eigenvalue weighted by Gasteiger charge is -2.47. The lowest BCUT2D eigenvalue weighted by Crippen LogP contribution is -2.56. The van der Waals surface area contributed by atoms with Crippen LogP contribution in [0.4, 0.5) is 5.69 Å². The van der Waals surface area contributed by atoms with Gasteiger partial charge in [0.15, 0.2) is 0 Å². The van der Waals surface area contributed by atoms with E-state index in [1.165, 1.54) is 0 Å². The first-order valence-electron chi connectivity index (χ1n) is 6.63. The smallest absolute Gasteiger partial charge is 0.0760 e. The van der Waals surface area contributed by atoms with E-state index in [1.807, 2.05) is 18.2 Å². The quantitative estimate of drug-likeness (QED) is 0.846. The van der Waals surface area contributed by atoms with Gasteiger partial charge in [0.25, 0.3) is 0 Å². The molecule has 1 fully saturated rings. The van der Waals surface area contributed by atoms with Gasteiger partial charge in [-0.1, -0.05) is 11.6 Å². The number of morpholine rings is 1. The summed E-state index contributed by atoms with van der Waals surface area (Å²) in [5.41, 5.74) is 7.38. The van der Waals surface area contributed by atoms with E-state index in [4.69, 9.17) is 22.1 Å². The highest BCUT2D eigenvalue weighted by atomic mass is 35.5. The second-order valence-corrected chi connectivity index (χ2v) is 7.02. The third kappa shape index (κ3) is 3.85. The normalized spacial score (nSPS) is 22.4. The number of halogens is 1. The first-order chi connectivity index (χ1) is 8.67. The summed E-state index contributed by atoms with van der Waals surface area (Å²) in [6, 6.07) is 5.65. The number of hydrogen-bond acceptors (Lipinski definition) is 3. The summed E-state index contributed by atoms with van der Waals surface area (Å²) in [6.45, 7) is 11.1. The number of anilines is 1. The van der Waals surface area contributed by atoms with E-state index in [9.17, 15) is 0 Å². The van der Waals surface area contributed by atoms with E-state index >= 15 is 0 Å². The summed E-state index contributed by atoms with van der Waals surface area (Å²) >= 11 is 6.24. The van der Waals surface area contributed by atoms with Gasteiger partial charge in [0, 0.05) is 30.3 Å². The maximum atomic E-state index is 6.24. The molecule has 2 N–H and O–H groups in total. The van der Waals surface area contributed by atoms with Crippen LogP contribution >= 0.6 is 11.6 Å². The maximum Gasteiger partial charge on any atom is 0.0760 e. The fourth-order valence-corrected chi connectivity index (χ4v) is 3.19.